The largest absolute Gasteiger partial charge is 0.484 e. The summed E-state index contributed by atoms with van der Waals surface area (Å²) in [6.45, 7) is 6.48. The fraction of sp³-hybridized carbons (Fsp3) is 0.400. The van der Waals surface area contributed by atoms with E-state index in [2.05, 4.69) is 10.2 Å². The van der Waals surface area contributed by atoms with Crippen LogP contribution in [0, 0.1) is 6.92 Å². The number of aryl methyl sites for hydroxylation is 1. The van der Waals surface area contributed by atoms with Crippen LogP contribution in [0.3, 0.4) is 0 Å². The summed E-state index contributed by atoms with van der Waals surface area (Å²) in [4.78, 5) is 28.3. The van der Waals surface area contributed by atoms with Crippen LogP contribution in [-0.2, 0) is 4.79 Å². The highest BCUT2D eigenvalue weighted by molar-refractivity contribution is 7.08. The average molecular weight is 388 g/mol. The highest BCUT2D eigenvalue weighted by atomic mass is 32.1. The minimum atomic E-state index is -0.0293. The Morgan fingerprint density at radius 2 is 1.85 bits per heavy atom. The van der Waals surface area contributed by atoms with Crippen molar-refractivity contribution < 1.29 is 14.3 Å². The van der Waals surface area contributed by atoms with Gasteiger partial charge in [-0.2, -0.15) is 11.3 Å². The van der Waals surface area contributed by atoms with Crippen LogP contribution in [0.4, 0.5) is 0 Å². The van der Waals surface area contributed by atoms with Gasteiger partial charge >= 0.3 is 0 Å². The van der Waals surface area contributed by atoms with Gasteiger partial charge in [-0.15, -0.1) is 0 Å². The van der Waals surface area contributed by atoms with E-state index in [1.807, 2.05) is 52.9 Å². The molecule has 0 aliphatic carbocycles. The SMILES string of the molecule is Cc1ccc(OCC(=O)N2CCN(CCNC(=O)c3ccsc3)CC2)cc1. The summed E-state index contributed by atoms with van der Waals surface area (Å²) in [6, 6.07) is 9.52. The van der Waals surface area contributed by atoms with E-state index >= 15 is 0 Å². The molecule has 7 heteroatoms. The Bertz CT molecular complexity index is 738. The number of nitrogens with one attached hydrogen (secondary N) is 1. The van der Waals surface area contributed by atoms with E-state index in [-0.39, 0.29) is 18.4 Å². The van der Waals surface area contributed by atoms with Crippen LogP contribution in [0.2, 0.25) is 0 Å². The second kappa shape index (κ2) is 9.53. The highest BCUT2D eigenvalue weighted by Crippen LogP contribution is 2.12. The Balaban J connectivity index is 1.32. The lowest BCUT2D eigenvalue weighted by Gasteiger charge is -2.34. The lowest BCUT2D eigenvalue weighted by Crippen LogP contribution is -2.51. The molecule has 0 atom stereocenters. The van der Waals surface area contributed by atoms with Gasteiger partial charge in [0.2, 0.25) is 0 Å². The normalized spacial score (nSPS) is 14.8. The van der Waals surface area contributed by atoms with Crippen LogP contribution < -0.4 is 10.1 Å². The molecule has 1 fully saturated rings. The molecule has 1 aromatic carbocycles. The molecule has 1 N–H and O–H groups in total. The van der Waals surface area contributed by atoms with Crippen molar-refractivity contribution >= 4 is 23.2 Å². The molecular formula is C20H25N3O3S. The predicted octanol–water partition coefficient (Wildman–Crippen LogP) is 2.01. The maximum atomic E-state index is 12.3. The molecule has 1 aliphatic rings. The minimum absolute atomic E-state index is 0.0148. The molecule has 1 saturated heterocycles. The van der Waals surface area contributed by atoms with E-state index in [1.165, 1.54) is 11.3 Å². The van der Waals surface area contributed by atoms with Crippen LogP contribution >= 0.6 is 11.3 Å². The summed E-state index contributed by atoms with van der Waals surface area (Å²) < 4.78 is 5.58. The summed E-state index contributed by atoms with van der Waals surface area (Å²) >= 11 is 1.52. The van der Waals surface area contributed by atoms with E-state index in [0.717, 1.165) is 25.2 Å². The molecule has 3 rings (SSSR count). The molecule has 0 bridgehead atoms. The van der Waals surface area contributed by atoms with Crippen molar-refractivity contribution in [3.8, 4) is 5.75 Å². The number of carbonyl (C=O) groups is 2. The van der Waals surface area contributed by atoms with Gasteiger partial charge in [-0.05, 0) is 30.5 Å². The number of hydrogen-bond donors (Lipinski definition) is 1. The van der Waals surface area contributed by atoms with E-state index < -0.39 is 0 Å². The first-order valence-electron chi connectivity index (χ1n) is 9.12. The molecule has 2 aromatic rings. The quantitative estimate of drug-likeness (QED) is 0.790. The topological polar surface area (TPSA) is 61.9 Å². The third-order valence-electron chi connectivity index (χ3n) is 4.61. The maximum Gasteiger partial charge on any atom is 0.260 e. The zero-order valence-corrected chi connectivity index (χ0v) is 16.3. The van der Waals surface area contributed by atoms with Gasteiger partial charge in [-0.3, -0.25) is 14.5 Å². The van der Waals surface area contributed by atoms with E-state index in [4.69, 9.17) is 4.74 Å². The summed E-state index contributed by atoms with van der Waals surface area (Å²) in [6.07, 6.45) is 0. The third kappa shape index (κ3) is 5.80. The molecule has 2 amide bonds. The smallest absolute Gasteiger partial charge is 0.260 e. The molecule has 0 spiro atoms. The Kier molecular flexibility index (Phi) is 6.84. The van der Waals surface area contributed by atoms with Crippen LogP contribution in [-0.4, -0.2) is 67.5 Å². The minimum Gasteiger partial charge on any atom is -0.484 e. The molecule has 0 radical (unpaired) electrons. The van der Waals surface area contributed by atoms with Gasteiger partial charge in [0.05, 0.1) is 0 Å². The fourth-order valence-electron chi connectivity index (χ4n) is 2.92. The van der Waals surface area contributed by atoms with Gasteiger partial charge in [0.1, 0.15) is 5.75 Å². The molecular weight excluding hydrogens is 362 g/mol. The van der Waals surface area contributed by atoms with E-state index in [0.29, 0.717) is 30.9 Å². The number of carbonyl (C=O) groups excluding carboxylic acids is 2. The fourth-order valence-corrected chi connectivity index (χ4v) is 3.55. The number of amides is 2. The van der Waals surface area contributed by atoms with Gasteiger partial charge in [0.25, 0.3) is 11.8 Å². The number of piperazine rings is 1. The second-order valence-corrected chi connectivity index (χ2v) is 7.37. The van der Waals surface area contributed by atoms with E-state index in [1.54, 1.807) is 0 Å². The molecule has 1 aliphatic heterocycles. The van der Waals surface area contributed by atoms with Gasteiger partial charge < -0.3 is 15.0 Å². The van der Waals surface area contributed by atoms with Crippen molar-refractivity contribution in [2.24, 2.45) is 0 Å². The molecule has 2 heterocycles. The molecule has 0 unspecified atom stereocenters. The van der Waals surface area contributed by atoms with Crippen molar-refractivity contribution in [3.05, 3.63) is 52.2 Å². The van der Waals surface area contributed by atoms with Crippen molar-refractivity contribution in [2.45, 2.75) is 6.92 Å². The van der Waals surface area contributed by atoms with Crippen molar-refractivity contribution in [1.82, 2.24) is 15.1 Å². The van der Waals surface area contributed by atoms with Crippen LogP contribution in [0.5, 0.6) is 5.75 Å². The molecule has 0 saturated carbocycles. The van der Waals surface area contributed by atoms with Crippen molar-refractivity contribution in [1.29, 1.82) is 0 Å². The van der Waals surface area contributed by atoms with Crippen molar-refractivity contribution in [2.75, 3.05) is 45.9 Å². The number of rotatable bonds is 7. The summed E-state index contributed by atoms with van der Waals surface area (Å²) in [7, 11) is 0. The highest BCUT2D eigenvalue weighted by Gasteiger charge is 2.21. The number of thiophene rings is 1. The first-order chi connectivity index (χ1) is 13.1. The number of hydrogen-bond acceptors (Lipinski definition) is 5. The first kappa shape index (κ1) is 19.4. The lowest BCUT2D eigenvalue weighted by molar-refractivity contribution is -0.135. The number of nitrogens with zero attached hydrogens (tertiary/aromatic N) is 2. The second-order valence-electron chi connectivity index (χ2n) is 6.59. The van der Waals surface area contributed by atoms with Gasteiger partial charge in [-0.1, -0.05) is 17.7 Å². The van der Waals surface area contributed by atoms with Crippen LogP contribution in [0.1, 0.15) is 15.9 Å². The Hall–Kier alpha value is -2.38. The molecule has 27 heavy (non-hydrogen) atoms. The molecule has 6 nitrogen and oxygen atoms in total. The Labute approximate surface area is 163 Å². The zero-order valence-electron chi connectivity index (χ0n) is 15.5. The lowest BCUT2D eigenvalue weighted by atomic mass is 10.2. The van der Waals surface area contributed by atoms with Crippen LogP contribution in [0.25, 0.3) is 0 Å². The Morgan fingerprint density at radius 1 is 1.11 bits per heavy atom. The molecule has 1 aromatic heterocycles. The zero-order chi connectivity index (χ0) is 19.1. The number of benzene rings is 1. The van der Waals surface area contributed by atoms with Gasteiger partial charge in [0.15, 0.2) is 6.61 Å². The third-order valence-corrected chi connectivity index (χ3v) is 5.29. The van der Waals surface area contributed by atoms with Gasteiger partial charge in [-0.25, -0.2) is 0 Å². The van der Waals surface area contributed by atoms with E-state index in [9.17, 15) is 9.59 Å². The molecule has 144 valence electrons. The average Bonchev–Trinajstić information content (AvgIpc) is 3.23. The predicted molar refractivity (Wildman–Crippen MR) is 106 cm³/mol. The Morgan fingerprint density at radius 3 is 2.52 bits per heavy atom. The van der Waals surface area contributed by atoms with Crippen LogP contribution in [0.15, 0.2) is 41.1 Å². The summed E-state index contributed by atoms with van der Waals surface area (Å²) in [5, 5.41) is 6.68. The first-order valence-corrected chi connectivity index (χ1v) is 10.1. The maximum absolute atomic E-state index is 12.3. The summed E-state index contributed by atoms with van der Waals surface area (Å²) in [5.41, 5.74) is 1.88. The standard InChI is InChI=1S/C20H25N3O3S/c1-16-2-4-18(5-3-16)26-14-19(24)23-11-9-22(10-12-23)8-7-21-20(25)17-6-13-27-15-17/h2-6,13,15H,7-12,14H2,1H3,(H,21,25). The van der Waals surface area contributed by atoms with Gasteiger partial charge in [0, 0.05) is 50.2 Å². The summed E-state index contributed by atoms with van der Waals surface area (Å²) in [5.74, 6) is 0.702. The van der Waals surface area contributed by atoms with Crippen molar-refractivity contribution in [3.63, 3.8) is 0 Å². The number of ether oxygens (including phenoxy) is 1. The monoisotopic (exact) mass is 387 g/mol.